The van der Waals surface area contributed by atoms with Gasteiger partial charge in [-0.3, -0.25) is 37.4 Å². The van der Waals surface area contributed by atoms with Crippen LogP contribution in [0.2, 0.25) is 0 Å². The number of aromatic amines is 1. The zero-order valence-corrected chi connectivity index (χ0v) is 38.5. The number of halogens is 1. The van der Waals surface area contributed by atoms with E-state index in [9.17, 15) is 28.8 Å². The Kier molecular flexibility index (Phi) is 18.5. The highest BCUT2D eigenvalue weighted by atomic mass is 127. The van der Waals surface area contributed by atoms with E-state index in [0.29, 0.717) is 28.6 Å². The van der Waals surface area contributed by atoms with E-state index in [-0.39, 0.29) is 67.7 Å². The van der Waals surface area contributed by atoms with Gasteiger partial charge in [0.05, 0.1) is 60.0 Å². The van der Waals surface area contributed by atoms with Gasteiger partial charge in [0.1, 0.15) is 37.8 Å². The standard InChI is InChI=1S/C24H24IN3O5.C24H23N3O5.2CH4/c1-4-13-26-22(29)21-20(25)23(30)28(15-17-7-11-19(33-3)12-8-17)24(31)27(21)14-16-5-9-18(32-2)10-6-16;1-15-12-25-22(28)21-20(15)23(29)27(14-17-6-10-19(32-3)11-7-17)24(30)26(21)13-16-4-8-18(31-2)9-5-16;;/h4-12H,1,13-15H2,2-3H3,(H,26,29);4-12H,13-14H2,1-3H3,(H,25,28);2*1H4. The first-order chi connectivity index (χ1) is 31.3. The molecular weight excluding hydrogens is 971 g/mol. The Balaban J connectivity index is 0.000000284. The van der Waals surface area contributed by atoms with Crippen molar-refractivity contribution in [1.29, 1.82) is 0 Å². The number of hydrogen-bond donors (Lipinski definition) is 2. The van der Waals surface area contributed by atoms with Crippen LogP contribution in [0, 0.1) is 10.5 Å². The molecule has 352 valence electrons. The topological polar surface area (TPSA) is 187 Å². The summed E-state index contributed by atoms with van der Waals surface area (Å²) in [6, 6.07) is 28.6. The number of carbonyl (C=O) groups is 1. The first-order valence-corrected chi connectivity index (χ1v) is 21.2. The highest BCUT2D eigenvalue weighted by molar-refractivity contribution is 14.1. The van der Waals surface area contributed by atoms with Crippen molar-refractivity contribution >= 4 is 39.4 Å². The molecule has 17 heteroatoms. The fourth-order valence-corrected chi connectivity index (χ4v) is 7.80. The summed E-state index contributed by atoms with van der Waals surface area (Å²) in [6.07, 6.45) is 3.02. The van der Waals surface area contributed by atoms with Gasteiger partial charge in [0.25, 0.3) is 22.6 Å². The number of hydrogen-bond acceptors (Lipinski definition) is 10. The van der Waals surface area contributed by atoms with E-state index in [1.807, 2.05) is 46.9 Å². The molecule has 1 amide bonds. The summed E-state index contributed by atoms with van der Waals surface area (Å²) >= 11 is 1.83. The normalized spacial score (nSPS) is 10.4. The second-order valence-corrected chi connectivity index (χ2v) is 15.7. The van der Waals surface area contributed by atoms with Crippen LogP contribution < -0.4 is 52.3 Å². The Morgan fingerprint density at radius 2 is 0.955 bits per heavy atom. The van der Waals surface area contributed by atoms with Gasteiger partial charge in [-0.1, -0.05) is 69.5 Å². The Labute approximate surface area is 400 Å². The van der Waals surface area contributed by atoms with Gasteiger partial charge in [0, 0.05) is 12.7 Å². The Morgan fingerprint density at radius 1 is 0.597 bits per heavy atom. The molecule has 4 aromatic carbocycles. The quantitative estimate of drug-likeness (QED) is 0.0887. The predicted octanol–water partition coefficient (Wildman–Crippen LogP) is 6.19. The lowest BCUT2D eigenvalue weighted by Gasteiger charge is -2.17. The SMILES string of the molecule is C.C.C=CCNC(=O)c1c(I)c(=O)n(Cc2ccc(OC)cc2)c(=O)n1Cc1ccc(OC)cc1.COc1ccc(Cn2c(=O)c3c(C)c[nH]c(=O)c3n(Cc3ccc(OC)cc3)c2=O)cc1. The number of ether oxygens (including phenoxy) is 4. The number of benzene rings is 4. The summed E-state index contributed by atoms with van der Waals surface area (Å²) in [4.78, 5) is 81.5. The smallest absolute Gasteiger partial charge is 0.332 e. The van der Waals surface area contributed by atoms with E-state index in [1.54, 1.807) is 108 Å². The Morgan fingerprint density at radius 3 is 1.34 bits per heavy atom. The lowest BCUT2D eigenvalue weighted by molar-refractivity contribution is 0.0945. The number of nitrogens with zero attached hydrogens (tertiary/aromatic N) is 4. The molecule has 0 bridgehead atoms. The van der Waals surface area contributed by atoms with E-state index >= 15 is 0 Å². The third-order valence-electron chi connectivity index (χ3n) is 10.5. The van der Waals surface area contributed by atoms with Crippen LogP contribution in [0.3, 0.4) is 0 Å². The maximum atomic E-state index is 13.5. The Hall–Kier alpha value is -7.41. The van der Waals surface area contributed by atoms with Crippen molar-refractivity contribution in [3.63, 3.8) is 0 Å². The fourth-order valence-electron chi connectivity index (χ4n) is 6.97. The van der Waals surface area contributed by atoms with E-state index in [4.69, 9.17) is 18.9 Å². The van der Waals surface area contributed by atoms with Gasteiger partial charge in [0.15, 0.2) is 0 Å². The molecule has 0 aliphatic carbocycles. The second-order valence-electron chi connectivity index (χ2n) is 14.6. The van der Waals surface area contributed by atoms with Crippen LogP contribution in [-0.2, 0) is 26.2 Å². The molecule has 0 saturated heterocycles. The molecule has 2 N–H and O–H groups in total. The third kappa shape index (κ3) is 11.9. The van der Waals surface area contributed by atoms with Crippen LogP contribution in [-0.4, -0.2) is 64.1 Å². The number of nitrogens with one attached hydrogen (secondary N) is 2. The van der Waals surface area contributed by atoms with Crippen LogP contribution >= 0.6 is 22.6 Å². The number of aromatic nitrogens is 5. The second kappa shape index (κ2) is 23.7. The number of fused-ring (bicyclic) bond motifs is 1. The lowest BCUT2D eigenvalue weighted by atomic mass is 10.1. The molecule has 3 aromatic heterocycles. The number of H-pyrrole nitrogens is 1. The molecule has 16 nitrogen and oxygen atoms in total. The minimum atomic E-state index is -0.573. The van der Waals surface area contributed by atoms with E-state index in [2.05, 4.69) is 16.9 Å². The molecule has 0 spiro atoms. The van der Waals surface area contributed by atoms with Crippen molar-refractivity contribution in [2.45, 2.75) is 48.0 Å². The van der Waals surface area contributed by atoms with E-state index in [0.717, 1.165) is 26.8 Å². The summed E-state index contributed by atoms with van der Waals surface area (Å²) in [6.45, 7) is 5.92. The van der Waals surface area contributed by atoms with Crippen molar-refractivity contribution in [2.24, 2.45) is 0 Å². The molecule has 67 heavy (non-hydrogen) atoms. The third-order valence-corrected chi connectivity index (χ3v) is 11.4. The molecule has 0 aliphatic rings. The van der Waals surface area contributed by atoms with E-state index < -0.39 is 34.0 Å². The molecule has 7 aromatic rings. The highest BCUT2D eigenvalue weighted by Crippen LogP contribution is 2.18. The number of carbonyl (C=O) groups excluding carboxylic acids is 1. The Bertz CT molecular complexity index is 3130. The van der Waals surface area contributed by atoms with Crippen LogP contribution in [0.1, 0.15) is 53.2 Å². The van der Waals surface area contributed by atoms with Crippen LogP contribution in [0.5, 0.6) is 23.0 Å². The number of methoxy groups -OCH3 is 4. The molecule has 0 saturated carbocycles. The molecular formula is C50H55IN6O10. The zero-order chi connectivity index (χ0) is 46.8. The molecule has 7 rings (SSSR count). The maximum Gasteiger partial charge on any atom is 0.332 e. The van der Waals surface area contributed by atoms with Gasteiger partial charge in [-0.15, -0.1) is 6.58 Å². The number of aryl methyl sites for hydroxylation is 1. The van der Waals surface area contributed by atoms with Crippen molar-refractivity contribution in [1.82, 2.24) is 28.6 Å². The van der Waals surface area contributed by atoms with Gasteiger partial charge in [0.2, 0.25) is 0 Å². The van der Waals surface area contributed by atoms with Gasteiger partial charge >= 0.3 is 11.4 Å². The monoisotopic (exact) mass is 1030 g/mol. The number of rotatable bonds is 15. The van der Waals surface area contributed by atoms with E-state index in [1.165, 1.54) is 26.0 Å². The van der Waals surface area contributed by atoms with Gasteiger partial charge in [-0.05, 0) is 106 Å². The molecule has 3 heterocycles. The predicted molar refractivity (Wildman–Crippen MR) is 270 cm³/mol. The summed E-state index contributed by atoms with van der Waals surface area (Å²) in [5.41, 5.74) is 1.17. The first-order valence-electron chi connectivity index (χ1n) is 20.1. The average molecular weight is 1030 g/mol. The average Bonchev–Trinajstić information content (AvgIpc) is 3.33. The summed E-state index contributed by atoms with van der Waals surface area (Å²) < 4.78 is 25.9. The molecule has 0 fully saturated rings. The number of amides is 1. The minimum Gasteiger partial charge on any atom is -0.497 e. The minimum absolute atomic E-state index is 0. The zero-order valence-electron chi connectivity index (χ0n) is 36.4. The van der Waals surface area contributed by atoms with Crippen LogP contribution in [0.4, 0.5) is 0 Å². The molecule has 0 aliphatic heterocycles. The van der Waals surface area contributed by atoms with Crippen molar-refractivity contribution in [2.75, 3.05) is 35.0 Å². The van der Waals surface area contributed by atoms with Gasteiger partial charge in [-0.2, -0.15) is 0 Å². The molecule has 0 unspecified atom stereocenters. The first kappa shape index (κ1) is 52.2. The summed E-state index contributed by atoms with van der Waals surface area (Å²) in [7, 11) is 6.28. The molecule has 0 radical (unpaired) electrons. The number of pyridine rings is 1. The molecule has 0 atom stereocenters. The summed E-state index contributed by atoms with van der Waals surface area (Å²) in [5.74, 6) is 2.20. The largest absolute Gasteiger partial charge is 0.497 e. The van der Waals surface area contributed by atoms with Gasteiger partial charge in [-0.25, -0.2) is 9.59 Å². The van der Waals surface area contributed by atoms with Crippen molar-refractivity contribution < 1.29 is 23.7 Å². The van der Waals surface area contributed by atoms with Gasteiger partial charge < -0.3 is 29.2 Å². The van der Waals surface area contributed by atoms with Crippen LogP contribution in [0.25, 0.3) is 10.9 Å². The van der Waals surface area contributed by atoms with Crippen molar-refractivity contribution in [3.8, 4) is 23.0 Å². The lowest BCUT2D eigenvalue weighted by Crippen LogP contribution is -2.46. The highest BCUT2D eigenvalue weighted by Gasteiger charge is 2.23. The maximum absolute atomic E-state index is 13.5. The fraction of sp³-hybridized carbons (Fsp3) is 0.240. The summed E-state index contributed by atoms with van der Waals surface area (Å²) in [5, 5.41) is 2.90. The van der Waals surface area contributed by atoms with Crippen LogP contribution in [0.15, 0.2) is 140 Å². The van der Waals surface area contributed by atoms with Crippen molar-refractivity contribution in [3.05, 3.63) is 205 Å².